The van der Waals surface area contributed by atoms with Crippen LogP contribution in [0, 0.1) is 0 Å². The normalized spacial score (nSPS) is 9.81. The van der Waals surface area contributed by atoms with Crippen LogP contribution in [0.15, 0.2) is 72.8 Å². The van der Waals surface area contributed by atoms with Crippen LogP contribution in [0.4, 0.5) is 0 Å². The highest BCUT2D eigenvalue weighted by Gasteiger charge is 1.96. The summed E-state index contributed by atoms with van der Waals surface area (Å²) in [5.41, 5.74) is 2.41. The van der Waals surface area contributed by atoms with Crippen LogP contribution in [0.2, 0.25) is 0 Å². The van der Waals surface area contributed by atoms with Gasteiger partial charge in [-0.05, 0) is 24.5 Å². The van der Waals surface area contributed by atoms with Gasteiger partial charge in [-0.3, -0.25) is 0 Å². The lowest BCUT2D eigenvalue weighted by atomic mass is 10.2. The second-order valence-corrected chi connectivity index (χ2v) is 4.43. The number of esters is 1. The maximum atomic E-state index is 10.9. The SMILES string of the molecule is C/C=C/C(=O)OCc1ccccc1.CCc1ccccc1. The first-order chi connectivity index (χ1) is 10.3. The lowest BCUT2D eigenvalue weighted by molar-refractivity contribution is -0.139. The van der Waals surface area contributed by atoms with Gasteiger partial charge in [-0.1, -0.05) is 73.7 Å². The third-order valence-electron chi connectivity index (χ3n) is 2.78. The molecule has 0 radical (unpaired) electrons. The number of hydrogen-bond donors (Lipinski definition) is 0. The summed E-state index contributed by atoms with van der Waals surface area (Å²) < 4.78 is 4.94. The molecular formula is C19H22O2. The average molecular weight is 282 g/mol. The van der Waals surface area contributed by atoms with Crippen molar-refractivity contribution in [3.05, 3.63) is 83.9 Å². The van der Waals surface area contributed by atoms with Crippen molar-refractivity contribution in [2.45, 2.75) is 26.9 Å². The molecule has 0 fully saturated rings. The monoisotopic (exact) mass is 282 g/mol. The summed E-state index contributed by atoms with van der Waals surface area (Å²) in [6.45, 7) is 4.28. The number of ether oxygens (including phenoxy) is 1. The van der Waals surface area contributed by atoms with E-state index in [0.717, 1.165) is 12.0 Å². The van der Waals surface area contributed by atoms with E-state index in [-0.39, 0.29) is 5.97 Å². The van der Waals surface area contributed by atoms with Crippen molar-refractivity contribution in [3.8, 4) is 0 Å². The third kappa shape index (κ3) is 7.73. The number of aryl methyl sites for hydroxylation is 1. The zero-order valence-corrected chi connectivity index (χ0v) is 12.7. The predicted octanol–water partition coefficient (Wildman–Crippen LogP) is 4.55. The lowest BCUT2D eigenvalue weighted by Crippen LogP contribution is -2.00. The fourth-order valence-electron chi connectivity index (χ4n) is 1.63. The Labute approximate surface area is 127 Å². The summed E-state index contributed by atoms with van der Waals surface area (Å²) in [4.78, 5) is 10.9. The van der Waals surface area contributed by atoms with Crippen molar-refractivity contribution in [3.63, 3.8) is 0 Å². The topological polar surface area (TPSA) is 26.3 Å². The Hall–Kier alpha value is -2.35. The molecule has 2 aromatic carbocycles. The van der Waals surface area contributed by atoms with Crippen LogP contribution in [0.5, 0.6) is 0 Å². The standard InChI is InChI=1S/C11H12O2.C8H10/c1-2-6-11(12)13-9-10-7-4-3-5-8-10;1-2-8-6-4-3-5-7-8/h2-8H,9H2,1H3;3-7H,2H2,1H3/b6-2+;. The molecule has 0 heterocycles. The van der Waals surface area contributed by atoms with Gasteiger partial charge in [-0.25, -0.2) is 4.79 Å². The highest BCUT2D eigenvalue weighted by atomic mass is 16.5. The van der Waals surface area contributed by atoms with Gasteiger partial charge in [0.15, 0.2) is 0 Å². The molecule has 0 amide bonds. The van der Waals surface area contributed by atoms with Crippen molar-refractivity contribution in [2.75, 3.05) is 0 Å². The summed E-state index contributed by atoms with van der Waals surface area (Å²) in [6.07, 6.45) is 4.21. The Balaban J connectivity index is 0.000000235. The fourth-order valence-corrected chi connectivity index (χ4v) is 1.63. The largest absolute Gasteiger partial charge is 0.458 e. The van der Waals surface area contributed by atoms with Gasteiger partial charge in [0.2, 0.25) is 0 Å². The molecule has 0 aliphatic carbocycles. The van der Waals surface area contributed by atoms with Crippen molar-refractivity contribution in [2.24, 2.45) is 0 Å². The predicted molar refractivity (Wildman–Crippen MR) is 86.9 cm³/mol. The van der Waals surface area contributed by atoms with E-state index in [9.17, 15) is 4.79 Å². The van der Waals surface area contributed by atoms with Gasteiger partial charge >= 0.3 is 5.97 Å². The second-order valence-electron chi connectivity index (χ2n) is 4.43. The van der Waals surface area contributed by atoms with Gasteiger partial charge in [-0.15, -0.1) is 0 Å². The molecule has 0 aliphatic heterocycles. The number of benzene rings is 2. The Morgan fingerprint density at radius 3 is 1.90 bits per heavy atom. The lowest BCUT2D eigenvalue weighted by Gasteiger charge is -2.00. The van der Waals surface area contributed by atoms with Gasteiger partial charge in [0.05, 0.1) is 0 Å². The molecule has 0 spiro atoms. The third-order valence-corrected chi connectivity index (χ3v) is 2.78. The second kappa shape index (κ2) is 10.4. The van der Waals surface area contributed by atoms with Crippen LogP contribution in [0.25, 0.3) is 0 Å². The fraction of sp³-hybridized carbons (Fsp3) is 0.211. The zero-order valence-electron chi connectivity index (χ0n) is 12.7. The highest BCUT2D eigenvalue weighted by Crippen LogP contribution is 2.00. The first-order valence-corrected chi connectivity index (χ1v) is 7.13. The van der Waals surface area contributed by atoms with Gasteiger partial charge in [0.25, 0.3) is 0 Å². The number of allylic oxidation sites excluding steroid dienone is 1. The van der Waals surface area contributed by atoms with Crippen LogP contribution < -0.4 is 0 Å². The van der Waals surface area contributed by atoms with Gasteiger partial charge in [0.1, 0.15) is 6.61 Å². The molecule has 0 aliphatic rings. The van der Waals surface area contributed by atoms with E-state index in [0.29, 0.717) is 6.61 Å². The quantitative estimate of drug-likeness (QED) is 0.607. The molecule has 110 valence electrons. The van der Waals surface area contributed by atoms with Gasteiger partial charge in [0, 0.05) is 6.08 Å². The molecule has 0 saturated heterocycles. The van der Waals surface area contributed by atoms with Gasteiger partial charge < -0.3 is 4.74 Å². The van der Waals surface area contributed by atoms with Crippen molar-refractivity contribution >= 4 is 5.97 Å². The molecule has 2 nitrogen and oxygen atoms in total. The molecule has 21 heavy (non-hydrogen) atoms. The van der Waals surface area contributed by atoms with E-state index in [1.54, 1.807) is 13.0 Å². The molecule has 2 heteroatoms. The van der Waals surface area contributed by atoms with Gasteiger partial charge in [-0.2, -0.15) is 0 Å². The Morgan fingerprint density at radius 1 is 0.952 bits per heavy atom. The van der Waals surface area contributed by atoms with E-state index < -0.39 is 0 Å². The molecule has 0 aromatic heterocycles. The molecule has 0 unspecified atom stereocenters. The first kappa shape index (κ1) is 16.7. The number of carbonyl (C=O) groups excluding carboxylic acids is 1. The maximum absolute atomic E-state index is 10.9. The molecule has 0 N–H and O–H groups in total. The van der Waals surface area contributed by atoms with E-state index in [1.165, 1.54) is 11.6 Å². The summed E-state index contributed by atoms with van der Waals surface area (Å²) in [6, 6.07) is 20.1. The maximum Gasteiger partial charge on any atom is 0.330 e. The number of rotatable bonds is 4. The molecule has 2 aromatic rings. The first-order valence-electron chi connectivity index (χ1n) is 7.13. The van der Waals surface area contributed by atoms with Crippen LogP contribution in [-0.2, 0) is 22.6 Å². The van der Waals surface area contributed by atoms with E-state index in [1.807, 2.05) is 36.4 Å². The zero-order chi connectivity index (χ0) is 15.3. The van der Waals surface area contributed by atoms with E-state index >= 15 is 0 Å². The summed E-state index contributed by atoms with van der Waals surface area (Å²) in [5, 5.41) is 0. The molecule has 0 saturated carbocycles. The minimum atomic E-state index is -0.300. The smallest absolute Gasteiger partial charge is 0.330 e. The van der Waals surface area contributed by atoms with Crippen molar-refractivity contribution in [1.29, 1.82) is 0 Å². The Bertz CT molecular complexity index is 530. The van der Waals surface area contributed by atoms with Crippen LogP contribution in [-0.4, -0.2) is 5.97 Å². The Morgan fingerprint density at radius 2 is 1.48 bits per heavy atom. The van der Waals surface area contributed by atoms with Crippen molar-refractivity contribution < 1.29 is 9.53 Å². The molecular weight excluding hydrogens is 260 g/mol. The van der Waals surface area contributed by atoms with Crippen LogP contribution in [0.3, 0.4) is 0 Å². The highest BCUT2D eigenvalue weighted by molar-refractivity contribution is 5.81. The molecule has 0 bridgehead atoms. The van der Waals surface area contributed by atoms with E-state index in [4.69, 9.17) is 4.74 Å². The minimum absolute atomic E-state index is 0.300. The summed E-state index contributed by atoms with van der Waals surface area (Å²) in [7, 11) is 0. The van der Waals surface area contributed by atoms with E-state index in [2.05, 4.69) is 31.2 Å². The van der Waals surface area contributed by atoms with Crippen LogP contribution in [0.1, 0.15) is 25.0 Å². The summed E-state index contributed by atoms with van der Waals surface area (Å²) >= 11 is 0. The summed E-state index contributed by atoms with van der Waals surface area (Å²) in [5.74, 6) is -0.300. The number of hydrogen-bond acceptors (Lipinski definition) is 2. The average Bonchev–Trinajstić information content (AvgIpc) is 2.55. The number of carbonyl (C=O) groups is 1. The molecule has 2 rings (SSSR count). The minimum Gasteiger partial charge on any atom is -0.458 e. The molecule has 0 atom stereocenters. The van der Waals surface area contributed by atoms with Crippen molar-refractivity contribution in [1.82, 2.24) is 0 Å². The van der Waals surface area contributed by atoms with Crippen LogP contribution >= 0.6 is 0 Å². The Kier molecular flexibility index (Phi) is 8.30.